The molecule has 1 atom stereocenters. The lowest BCUT2D eigenvalue weighted by Gasteiger charge is -2.11. The maximum Gasteiger partial charge on any atom is 0.314 e. The Morgan fingerprint density at radius 1 is 0.760 bits per heavy atom. The summed E-state index contributed by atoms with van der Waals surface area (Å²) < 4.78 is 4.58. The second kappa shape index (κ2) is 16.1. The highest BCUT2D eigenvalue weighted by atomic mass is 16.6. The quantitative estimate of drug-likeness (QED) is 0.232. The standard InChI is InChI=1S/C20H36O5/c1-3-4-5-6-7-9-12-17(2)13-10-8-11-14-19(23)25-20(24)16-15-18(21)22/h17H,3-16H2,1-2H3,(H,21,22). The van der Waals surface area contributed by atoms with E-state index >= 15 is 0 Å². The van der Waals surface area contributed by atoms with E-state index in [4.69, 9.17) is 5.11 Å². The number of hydrogen-bond donors (Lipinski definition) is 1. The zero-order valence-electron chi connectivity index (χ0n) is 16.1. The number of ether oxygens (including phenoxy) is 1. The van der Waals surface area contributed by atoms with Crippen LogP contribution in [0.5, 0.6) is 0 Å². The van der Waals surface area contributed by atoms with Gasteiger partial charge in [0, 0.05) is 6.42 Å². The summed E-state index contributed by atoms with van der Waals surface area (Å²) in [4.78, 5) is 33.0. The minimum atomic E-state index is -1.07. The van der Waals surface area contributed by atoms with Crippen LogP contribution in [0.3, 0.4) is 0 Å². The van der Waals surface area contributed by atoms with E-state index in [1.54, 1.807) is 0 Å². The lowest BCUT2D eigenvalue weighted by Crippen LogP contribution is -2.13. The molecular weight excluding hydrogens is 320 g/mol. The van der Waals surface area contributed by atoms with Gasteiger partial charge in [-0.3, -0.25) is 14.4 Å². The zero-order chi connectivity index (χ0) is 18.9. The minimum absolute atomic E-state index is 0.227. The van der Waals surface area contributed by atoms with Crippen molar-refractivity contribution in [1.82, 2.24) is 0 Å². The summed E-state index contributed by atoms with van der Waals surface area (Å²) in [6.07, 6.45) is 12.9. The molecule has 0 radical (unpaired) electrons. The smallest absolute Gasteiger partial charge is 0.314 e. The summed E-state index contributed by atoms with van der Waals surface area (Å²) >= 11 is 0. The highest BCUT2D eigenvalue weighted by Crippen LogP contribution is 2.18. The molecule has 0 amide bonds. The van der Waals surface area contributed by atoms with E-state index < -0.39 is 17.9 Å². The molecule has 0 rings (SSSR count). The first kappa shape index (κ1) is 23.6. The minimum Gasteiger partial charge on any atom is -0.481 e. The summed E-state index contributed by atoms with van der Waals surface area (Å²) in [5, 5.41) is 8.45. The summed E-state index contributed by atoms with van der Waals surface area (Å²) in [5.74, 6) is -1.63. The third kappa shape index (κ3) is 17.2. The summed E-state index contributed by atoms with van der Waals surface area (Å²) in [5.41, 5.74) is 0. The second-order valence-corrected chi connectivity index (χ2v) is 7.00. The van der Waals surface area contributed by atoms with E-state index in [0.717, 1.165) is 25.2 Å². The lowest BCUT2D eigenvalue weighted by atomic mass is 9.96. The fourth-order valence-electron chi connectivity index (χ4n) is 2.79. The van der Waals surface area contributed by atoms with Gasteiger partial charge in [0.25, 0.3) is 0 Å². The molecule has 0 bridgehead atoms. The van der Waals surface area contributed by atoms with Gasteiger partial charge in [-0.15, -0.1) is 0 Å². The van der Waals surface area contributed by atoms with Crippen LogP contribution in [0.4, 0.5) is 0 Å². The van der Waals surface area contributed by atoms with Crippen molar-refractivity contribution in [2.75, 3.05) is 0 Å². The predicted octanol–water partition coefficient (Wildman–Crippen LogP) is 5.26. The molecule has 1 unspecified atom stereocenters. The Morgan fingerprint density at radius 3 is 1.88 bits per heavy atom. The first-order chi connectivity index (χ1) is 12.0. The van der Waals surface area contributed by atoms with Crippen LogP contribution >= 0.6 is 0 Å². The van der Waals surface area contributed by atoms with Gasteiger partial charge in [0.1, 0.15) is 0 Å². The molecule has 0 aromatic heterocycles. The monoisotopic (exact) mass is 356 g/mol. The maximum absolute atomic E-state index is 11.5. The Labute approximate surface area is 152 Å². The van der Waals surface area contributed by atoms with Crippen molar-refractivity contribution in [2.45, 2.75) is 104 Å². The van der Waals surface area contributed by atoms with Crippen LogP contribution < -0.4 is 0 Å². The normalized spacial score (nSPS) is 11.9. The van der Waals surface area contributed by atoms with E-state index in [1.807, 2.05) is 0 Å². The Balaban J connectivity index is 3.47. The van der Waals surface area contributed by atoms with Crippen LogP contribution in [0.15, 0.2) is 0 Å². The average molecular weight is 357 g/mol. The maximum atomic E-state index is 11.5. The molecule has 0 fully saturated rings. The van der Waals surface area contributed by atoms with Gasteiger partial charge >= 0.3 is 17.9 Å². The van der Waals surface area contributed by atoms with Crippen molar-refractivity contribution in [1.29, 1.82) is 0 Å². The molecule has 1 N–H and O–H groups in total. The van der Waals surface area contributed by atoms with Gasteiger partial charge in [-0.2, -0.15) is 0 Å². The highest BCUT2D eigenvalue weighted by Gasteiger charge is 2.12. The number of carboxylic acids is 1. The van der Waals surface area contributed by atoms with Gasteiger partial charge in [0.05, 0.1) is 12.8 Å². The number of rotatable bonds is 16. The number of carbonyl (C=O) groups excluding carboxylic acids is 2. The van der Waals surface area contributed by atoms with Gasteiger partial charge in [-0.1, -0.05) is 78.1 Å². The third-order valence-electron chi connectivity index (χ3n) is 4.40. The average Bonchev–Trinajstić information content (AvgIpc) is 2.55. The van der Waals surface area contributed by atoms with E-state index in [0.29, 0.717) is 0 Å². The largest absolute Gasteiger partial charge is 0.481 e. The van der Waals surface area contributed by atoms with Crippen LogP contribution in [0, 0.1) is 5.92 Å². The lowest BCUT2D eigenvalue weighted by molar-refractivity contribution is -0.161. The van der Waals surface area contributed by atoms with E-state index in [-0.39, 0.29) is 19.3 Å². The molecular formula is C20H36O5. The van der Waals surface area contributed by atoms with E-state index in [2.05, 4.69) is 18.6 Å². The molecule has 25 heavy (non-hydrogen) atoms. The first-order valence-electron chi connectivity index (χ1n) is 9.91. The highest BCUT2D eigenvalue weighted by molar-refractivity contribution is 5.86. The zero-order valence-corrected chi connectivity index (χ0v) is 16.1. The Bertz CT molecular complexity index is 378. The van der Waals surface area contributed by atoms with E-state index in [9.17, 15) is 14.4 Å². The summed E-state index contributed by atoms with van der Waals surface area (Å²) in [6.45, 7) is 4.53. The van der Waals surface area contributed by atoms with Gasteiger partial charge in [-0.05, 0) is 12.3 Å². The number of aliphatic carboxylic acids is 1. The molecule has 0 aliphatic rings. The molecule has 0 aromatic rings. The fraction of sp³-hybridized carbons (Fsp3) is 0.850. The van der Waals surface area contributed by atoms with Crippen molar-refractivity contribution >= 4 is 17.9 Å². The van der Waals surface area contributed by atoms with Crippen molar-refractivity contribution < 1.29 is 24.2 Å². The van der Waals surface area contributed by atoms with Crippen LogP contribution in [0.2, 0.25) is 0 Å². The van der Waals surface area contributed by atoms with Crippen LogP contribution in [-0.4, -0.2) is 23.0 Å². The Morgan fingerprint density at radius 2 is 1.28 bits per heavy atom. The van der Waals surface area contributed by atoms with Crippen molar-refractivity contribution in [3.63, 3.8) is 0 Å². The van der Waals surface area contributed by atoms with Gasteiger partial charge in [-0.25, -0.2) is 0 Å². The molecule has 5 heteroatoms. The molecule has 146 valence electrons. The summed E-state index contributed by atoms with van der Waals surface area (Å²) in [7, 11) is 0. The molecule has 5 nitrogen and oxygen atoms in total. The van der Waals surface area contributed by atoms with Crippen LogP contribution in [-0.2, 0) is 19.1 Å². The Hall–Kier alpha value is -1.39. The molecule has 0 spiro atoms. The molecule has 0 heterocycles. The SMILES string of the molecule is CCCCCCCCC(C)CCCCCC(=O)OC(=O)CCC(=O)O. The third-order valence-corrected chi connectivity index (χ3v) is 4.40. The number of unbranched alkanes of at least 4 members (excludes halogenated alkanes) is 7. The van der Waals surface area contributed by atoms with Crippen LogP contribution in [0.1, 0.15) is 104 Å². The number of esters is 2. The fourth-order valence-corrected chi connectivity index (χ4v) is 2.79. The van der Waals surface area contributed by atoms with Gasteiger partial charge in [0.2, 0.25) is 0 Å². The summed E-state index contributed by atoms with van der Waals surface area (Å²) in [6, 6.07) is 0. The van der Waals surface area contributed by atoms with Crippen molar-refractivity contribution in [3.8, 4) is 0 Å². The van der Waals surface area contributed by atoms with Gasteiger partial charge < -0.3 is 9.84 Å². The number of hydrogen-bond acceptors (Lipinski definition) is 4. The Kier molecular flexibility index (Phi) is 15.2. The molecule has 0 aliphatic heterocycles. The molecule has 0 saturated carbocycles. The van der Waals surface area contributed by atoms with Gasteiger partial charge in [0.15, 0.2) is 0 Å². The predicted molar refractivity (Wildman–Crippen MR) is 98.2 cm³/mol. The molecule has 0 aromatic carbocycles. The van der Waals surface area contributed by atoms with Crippen molar-refractivity contribution in [3.05, 3.63) is 0 Å². The number of carboxylic acid groups (broad SMARTS) is 1. The van der Waals surface area contributed by atoms with Crippen molar-refractivity contribution in [2.24, 2.45) is 5.92 Å². The second-order valence-electron chi connectivity index (χ2n) is 7.00. The topological polar surface area (TPSA) is 80.7 Å². The first-order valence-corrected chi connectivity index (χ1v) is 9.91. The molecule has 0 aliphatic carbocycles. The number of carbonyl (C=O) groups is 3. The molecule has 0 saturated heterocycles. The van der Waals surface area contributed by atoms with E-state index in [1.165, 1.54) is 51.4 Å². The van der Waals surface area contributed by atoms with Crippen LogP contribution in [0.25, 0.3) is 0 Å².